The lowest BCUT2D eigenvalue weighted by atomic mass is 10.2. The monoisotopic (exact) mass is 512 g/mol. The Morgan fingerprint density at radius 3 is 2.60 bits per heavy atom. The van der Waals surface area contributed by atoms with Gasteiger partial charge in [0.1, 0.15) is 18.0 Å². The van der Waals surface area contributed by atoms with Gasteiger partial charge in [-0.3, -0.25) is 9.59 Å². The van der Waals surface area contributed by atoms with Crippen LogP contribution in [-0.4, -0.2) is 41.0 Å². The van der Waals surface area contributed by atoms with Crippen LogP contribution in [0.15, 0.2) is 54.2 Å². The van der Waals surface area contributed by atoms with E-state index in [9.17, 15) is 14.4 Å². The molecule has 1 saturated heterocycles. The maximum atomic E-state index is 12.9. The molecule has 1 aromatic heterocycles. The Morgan fingerprint density at radius 1 is 1.11 bits per heavy atom. The molecule has 4 rings (SSSR count). The van der Waals surface area contributed by atoms with Crippen LogP contribution in [0.2, 0.25) is 10.0 Å². The number of urea groups is 1. The number of halogens is 2. The lowest BCUT2D eigenvalue weighted by molar-refractivity contribution is -0.127. The Balaban J connectivity index is 1.55. The molecule has 1 aliphatic rings. The van der Waals surface area contributed by atoms with Crippen molar-refractivity contribution < 1.29 is 19.1 Å². The highest BCUT2D eigenvalue weighted by Crippen LogP contribution is 2.30. The van der Waals surface area contributed by atoms with Gasteiger partial charge in [-0.15, -0.1) is 0 Å². The molecule has 0 radical (unpaired) electrons. The second kappa shape index (κ2) is 9.85. The third-order valence-electron chi connectivity index (χ3n) is 5.56. The van der Waals surface area contributed by atoms with Gasteiger partial charge in [0.2, 0.25) is 5.91 Å². The molecule has 0 spiro atoms. The van der Waals surface area contributed by atoms with Crippen LogP contribution in [0.25, 0.3) is 11.8 Å². The molecule has 0 aliphatic carbocycles. The molecule has 0 bridgehead atoms. The van der Waals surface area contributed by atoms with Crippen molar-refractivity contribution in [2.45, 2.75) is 13.8 Å². The fourth-order valence-corrected chi connectivity index (χ4v) is 4.28. The van der Waals surface area contributed by atoms with Gasteiger partial charge in [-0.1, -0.05) is 35.3 Å². The van der Waals surface area contributed by atoms with Gasteiger partial charge < -0.3 is 19.9 Å². The highest BCUT2D eigenvalue weighted by molar-refractivity contribution is 6.34. The molecule has 1 fully saturated rings. The van der Waals surface area contributed by atoms with E-state index in [0.29, 0.717) is 32.7 Å². The van der Waals surface area contributed by atoms with Crippen LogP contribution >= 0.6 is 23.2 Å². The van der Waals surface area contributed by atoms with Crippen LogP contribution in [-0.2, 0) is 9.59 Å². The molecule has 2 aromatic carbocycles. The van der Waals surface area contributed by atoms with E-state index in [0.717, 1.165) is 16.3 Å². The number of amides is 4. The zero-order chi connectivity index (χ0) is 25.3. The Morgan fingerprint density at radius 2 is 1.86 bits per heavy atom. The number of benzene rings is 2. The maximum Gasteiger partial charge on any atom is 0.329 e. The van der Waals surface area contributed by atoms with Gasteiger partial charge >= 0.3 is 6.03 Å². The molecule has 0 saturated carbocycles. The third kappa shape index (κ3) is 4.89. The Labute approximate surface area is 212 Å². The van der Waals surface area contributed by atoms with Gasteiger partial charge in [0.25, 0.3) is 5.91 Å². The summed E-state index contributed by atoms with van der Waals surface area (Å²) in [6, 6.07) is 13.2. The standard InChI is InChI=1S/C25H22Cl2N4O4/c1-14-10-16(15(2)31(14)21-12-17(26)8-9-18(21)27)11-20-24(33)30(25(34)29-20)13-23(32)28-19-6-4-5-7-22(19)35-3/h4-12H,13H2,1-3H3,(H,28,32)(H,29,34)/b20-11+. The van der Waals surface area contributed by atoms with Crippen molar-refractivity contribution in [2.75, 3.05) is 19.0 Å². The third-order valence-corrected chi connectivity index (χ3v) is 6.12. The number of carbonyl (C=O) groups is 3. The zero-order valence-electron chi connectivity index (χ0n) is 19.2. The van der Waals surface area contributed by atoms with Crippen molar-refractivity contribution in [3.05, 3.63) is 81.2 Å². The summed E-state index contributed by atoms with van der Waals surface area (Å²) in [5.41, 5.74) is 3.59. The average molecular weight is 513 g/mol. The molecule has 8 nitrogen and oxygen atoms in total. The summed E-state index contributed by atoms with van der Waals surface area (Å²) in [6.07, 6.45) is 1.58. The van der Waals surface area contributed by atoms with Gasteiger partial charge in [-0.05, 0) is 61.9 Å². The van der Waals surface area contributed by atoms with Crippen molar-refractivity contribution in [3.8, 4) is 11.4 Å². The number of ether oxygens (including phenoxy) is 1. The summed E-state index contributed by atoms with van der Waals surface area (Å²) in [6.45, 7) is 3.32. The molecule has 10 heteroatoms. The molecule has 180 valence electrons. The summed E-state index contributed by atoms with van der Waals surface area (Å²) in [4.78, 5) is 38.8. The number of methoxy groups -OCH3 is 1. The molecule has 4 amide bonds. The highest BCUT2D eigenvalue weighted by atomic mass is 35.5. The molecular weight excluding hydrogens is 491 g/mol. The molecule has 2 heterocycles. The van der Waals surface area contributed by atoms with E-state index in [1.54, 1.807) is 48.5 Å². The van der Waals surface area contributed by atoms with E-state index < -0.39 is 24.4 Å². The summed E-state index contributed by atoms with van der Waals surface area (Å²) in [7, 11) is 1.48. The van der Waals surface area contributed by atoms with Crippen molar-refractivity contribution in [1.82, 2.24) is 14.8 Å². The van der Waals surface area contributed by atoms with E-state index in [-0.39, 0.29) is 5.70 Å². The second-order valence-corrected chi connectivity index (χ2v) is 8.73. The van der Waals surface area contributed by atoms with Crippen LogP contribution in [0.4, 0.5) is 10.5 Å². The molecule has 0 atom stereocenters. The molecule has 2 N–H and O–H groups in total. The smallest absolute Gasteiger partial charge is 0.329 e. The van der Waals surface area contributed by atoms with E-state index in [4.69, 9.17) is 27.9 Å². The van der Waals surface area contributed by atoms with Crippen molar-refractivity contribution >= 4 is 52.8 Å². The molecule has 1 aliphatic heterocycles. The largest absolute Gasteiger partial charge is 0.495 e. The van der Waals surface area contributed by atoms with Crippen molar-refractivity contribution in [3.63, 3.8) is 0 Å². The predicted octanol–water partition coefficient (Wildman–Crippen LogP) is 4.94. The Hall–Kier alpha value is -3.75. The first-order valence-electron chi connectivity index (χ1n) is 10.6. The van der Waals surface area contributed by atoms with E-state index >= 15 is 0 Å². The number of hydrogen-bond donors (Lipinski definition) is 2. The molecule has 35 heavy (non-hydrogen) atoms. The van der Waals surface area contributed by atoms with Gasteiger partial charge in [-0.2, -0.15) is 0 Å². The van der Waals surface area contributed by atoms with Gasteiger partial charge in [0, 0.05) is 16.4 Å². The minimum absolute atomic E-state index is 0.0672. The molecular formula is C25H22Cl2N4O4. The summed E-state index contributed by atoms with van der Waals surface area (Å²) < 4.78 is 7.13. The lowest BCUT2D eigenvalue weighted by Crippen LogP contribution is -2.38. The van der Waals surface area contributed by atoms with Gasteiger partial charge in [0.15, 0.2) is 0 Å². The first-order valence-corrected chi connectivity index (χ1v) is 11.4. The quantitative estimate of drug-likeness (QED) is 0.361. The number of imide groups is 1. The topological polar surface area (TPSA) is 92.7 Å². The van der Waals surface area contributed by atoms with Crippen LogP contribution in [0.1, 0.15) is 17.0 Å². The van der Waals surface area contributed by atoms with E-state index in [1.807, 2.05) is 24.5 Å². The normalized spacial score (nSPS) is 14.4. The number of hydrogen-bond acceptors (Lipinski definition) is 4. The van der Waals surface area contributed by atoms with Crippen LogP contribution in [0.5, 0.6) is 5.75 Å². The highest BCUT2D eigenvalue weighted by Gasteiger charge is 2.35. The number of rotatable bonds is 6. The molecule has 0 unspecified atom stereocenters. The predicted molar refractivity (Wildman–Crippen MR) is 135 cm³/mol. The van der Waals surface area contributed by atoms with Gasteiger partial charge in [0.05, 0.1) is 23.5 Å². The van der Waals surface area contributed by atoms with E-state index in [2.05, 4.69) is 10.6 Å². The number of carbonyl (C=O) groups excluding carboxylic acids is 3. The zero-order valence-corrected chi connectivity index (χ0v) is 20.7. The number of aryl methyl sites for hydroxylation is 1. The number of anilines is 1. The fourth-order valence-electron chi connectivity index (χ4n) is 3.91. The minimum Gasteiger partial charge on any atom is -0.495 e. The second-order valence-electron chi connectivity index (χ2n) is 7.89. The first kappa shape index (κ1) is 24.4. The first-order chi connectivity index (χ1) is 16.7. The van der Waals surface area contributed by atoms with E-state index in [1.165, 1.54) is 7.11 Å². The number of aromatic nitrogens is 1. The summed E-state index contributed by atoms with van der Waals surface area (Å²) in [5.74, 6) is -0.669. The number of para-hydroxylation sites is 2. The SMILES string of the molecule is COc1ccccc1NC(=O)CN1C(=O)N/C(=C/c2cc(C)n(-c3cc(Cl)ccc3Cl)c2C)C1=O. The summed E-state index contributed by atoms with van der Waals surface area (Å²) in [5, 5.41) is 6.27. The minimum atomic E-state index is -0.678. The van der Waals surface area contributed by atoms with Crippen molar-refractivity contribution in [2.24, 2.45) is 0 Å². The van der Waals surface area contributed by atoms with Crippen LogP contribution in [0, 0.1) is 13.8 Å². The van der Waals surface area contributed by atoms with Crippen LogP contribution < -0.4 is 15.4 Å². The number of nitrogens with one attached hydrogen (secondary N) is 2. The molecule has 3 aromatic rings. The summed E-state index contributed by atoms with van der Waals surface area (Å²) >= 11 is 12.5. The fraction of sp³-hybridized carbons (Fsp3) is 0.160. The Bertz CT molecular complexity index is 1380. The van der Waals surface area contributed by atoms with Crippen LogP contribution in [0.3, 0.4) is 0 Å². The lowest BCUT2D eigenvalue weighted by Gasteiger charge is -2.13. The van der Waals surface area contributed by atoms with Crippen molar-refractivity contribution in [1.29, 1.82) is 0 Å². The maximum absolute atomic E-state index is 12.9. The Kier molecular flexibility index (Phi) is 6.86. The average Bonchev–Trinajstić information content (AvgIpc) is 3.24. The van der Waals surface area contributed by atoms with Gasteiger partial charge in [-0.25, -0.2) is 9.69 Å². The number of nitrogens with zero attached hydrogens (tertiary/aromatic N) is 2.